The first-order chi connectivity index (χ1) is 9.52. The fraction of sp³-hybridized carbons (Fsp3) is 0.400. The molecule has 0 amide bonds. The van der Waals surface area contributed by atoms with E-state index in [4.69, 9.17) is 11.2 Å². The number of hydrogen-bond acceptors (Lipinski definition) is 5. The molecule has 2 rings (SSSR count). The average Bonchev–Trinajstić information content (AvgIpc) is 2.92. The van der Waals surface area contributed by atoms with Crippen LogP contribution in [-0.2, 0) is 0 Å². The topological polar surface area (TPSA) is 54.4 Å². The summed E-state index contributed by atoms with van der Waals surface area (Å²) in [6, 6.07) is 5.79. The van der Waals surface area contributed by atoms with Gasteiger partial charge in [0, 0.05) is 6.54 Å². The van der Waals surface area contributed by atoms with Crippen molar-refractivity contribution in [3.8, 4) is 18.1 Å². The van der Waals surface area contributed by atoms with Crippen molar-refractivity contribution in [2.75, 3.05) is 13.2 Å². The molecule has 1 unspecified atom stereocenters. The number of hydrogen-bond donors (Lipinski definition) is 2. The second-order valence-electron chi connectivity index (χ2n) is 5.11. The smallest absolute Gasteiger partial charge is 0.129 e. The number of nitrogens with zero attached hydrogens (tertiary/aromatic N) is 1. The van der Waals surface area contributed by atoms with Gasteiger partial charge in [0.25, 0.3) is 0 Å². The normalized spacial score (nSPS) is 13.1. The Morgan fingerprint density at radius 3 is 3.10 bits per heavy atom. The molecule has 0 aliphatic carbocycles. The van der Waals surface area contributed by atoms with E-state index in [1.807, 2.05) is 32.0 Å². The third-order valence-electron chi connectivity index (χ3n) is 2.93. The number of benzene rings is 1. The van der Waals surface area contributed by atoms with Crippen LogP contribution >= 0.6 is 11.5 Å². The molecule has 0 radical (unpaired) electrons. The van der Waals surface area contributed by atoms with Crippen LogP contribution in [0.25, 0.3) is 10.1 Å². The lowest BCUT2D eigenvalue weighted by Crippen LogP contribution is -2.43. The lowest BCUT2D eigenvalue weighted by molar-refractivity contribution is 0.103. The first-order valence-electron chi connectivity index (χ1n) is 6.39. The van der Waals surface area contributed by atoms with E-state index >= 15 is 0 Å². The molecule has 0 bridgehead atoms. The predicted molar refractivity (Wildman–Crippen MR) is 82.0 cm³/mol. The lowest BCUT2D eigenvalue weighted by atomic mass is 10.1. The van der Waals surface area contributed by atoms with Crippen LogP contribution in [0.1, 0.15) is 13.8 Å². The van der Waals surface area contributed by atoms with Crippen molar-refractivity contribution in [2.45, 2.75) is 25.5 Å². The number of β-amino-alcohol motifs (C(OH)–C–C–N with tert-alkyl or cyclic N) is 1. The van der Waals surface area contributed by atoms with Crippen molar-refractivity contribution in [1.82, 2.24) is 9.69 Å². The van der Waals surface area contributed by atoms with Gasteiger partial charge in [-0.2, -0.15) is 4.37 Å². The van der Waals surface area contributed by atoms with E-state index in [9.17, 15) is 5.11 Å². The number of nitrogens with one attached hydrogen (secondary N) is 1. The maximum atomic E-state index is 9.92. The highest BCUT2D eigenvalue weighted by molar-refractivity contribution is 7.13. The van der Waals surface area contributed by atoms with Crippen LogP contribution in [-0.4, -0.2) is 34.3 Å². The lowest BCUT2D eigenvalue weighted by Gasteiger charge is -2.22. The number of ether oxygens (including phenoxy) is 1. The Bertz CT molecular complexity index is 616. The van der Waals surface area contributed by atoms with Gasteiger partial charge in [-0.05, 0) is 37.5 Å². The van der Waals surface area contributed by atoms with Gasteiger partial charge in [0.15, 0.2) is 0 Å². The van der Waals surface area contributed by atoms with Gasteiger partial charge in [-0.15, -0.1) is 6.42 Å². The van der Waals surface area contributed by atoms with Crippen LogP contribution in [0.2, 0.25) is 0 Å². The minimum atomic E-state index is -0.621. The van der Waals surface area contributed by atoms with Crippen molar-refractivity contribution in [3.05, 3.63) is 24.4 Å². The monoisotopic (exact) mass is 290 g/mol. The number of rotatable bonds is 6. The first-order valence-corrected chi connectivity index (χ1v) is 7.16. The summed E-state index contributed by atoms with van der Waals surface area (Å²) in [5, 5.41) is 14.0. The molecule has 0 saturated carbocycles. The molecule has 20 heavy (non-hydrogen) atoms. The highest BCUT2D eigenvalue weighted by atomic mass is 32.1. The molecule has 1 heterocycles. The zero-order chi connectivity index (χ0) is 14.6. The van der Waals surface area contributed by atoms with Gasteiger partial charge in [-0.3, -0.25) is 5.32 Å². The van der Waals surface area contributed by atoms with E-state index in [1.54, 1.807) is 6.20 Å². The molecule has 106 valence electrons. The second kappa shape index (κ2) is 6.23. The van der Waals surface area contributed by atoms with Gasteiger partial charge in [0.05, 0.1) is 21.8 Å². The SMILES string of the molecule is C#CC(C)(C)NCC(O)COc1cccc2sncc12. The second-order valence-corrected chi connectivity index (χ2v) is 5.94. The molecule has 1 aromatic carbocycles. The highest BCUT2D eigenvalue weighted by Crippen LogP contribution is 2.27. The van der Waals surface area contributed by atoms with Crippen LogP contribution in [0.5, 0.6) is 5.75 Å². The van der Waals surface area contributed by atoms with Crippen molar-refractivity contribution in [3.63, 3.8) is 0 Å². The van der Waals surface area contributed by atoms with Gasteiger partial charge < -0.3 is 9.84 Å². The Morgan fingerprint density at radius 2 is 2.35 bits per heavy atom. The Kier molecular flexibility index (Phi) is 4.61. The fourth-order valence-electron chi connectivity index (χ4n) is 1.66. The van der Waals surface area contributed by atoms with E-state index in [0.717, 1.165) is 15.8 Å². The molecule has 2 N–H and O–H groups in total. The quantitative estimate of drug-likeness (QED) is 0.799. The van der Waals surface area contributed by atoms with Gasteiger partial charge in [0.2, 0.25) is 0 Å². The Hall–Kier alpha value is -1.61. The molecular weight excluding hydrogens is 272 g/mol. The third kappa shape index (κ3) is 3.70. The van der Waals surface area contributed by atoms with Crippen LogP contribution in [0.4, 0.5) is 0 Å². The summed E-state index contributed by atoms with van der Waals surface area (Å²) in [6.45, 7) is 4.37. The third-order valence-corrected chi connectivity index (χ3v) is 3.69. The van der Waals surface area contributed by atoms with E-state index in [2.05, 4.69) is 15.6 Å². The first kappa shape index (κ1) is 14.8. The van der Waals surface area contributed by atoms with Gasteiger partial charge >= 0.3 is 0 Å². The van der Waals surface area contributed by atoms with Gasteiger partial charge in [0.1, 0.15) is 18.5 Å². The van der Waals surface area contributed by atoms with Crippen LogP contribution < -0.4 is 10.1 Å². The van der Waals surface area contributed by atoms with E-state index in [0.29, 0.717) is 6.54 Å². The average molecular weight is 290 g/mol. The zero-order valence-corrected chi connectivity index (χ0v) is 12.4. The molecule has 1 atom stereocenters. The Morgan fingerprint density at radius 1 is 1.55 bits per heavy atom. The summed E-state index contributed by atoms with van der Waals surface area (Å²) < 4.78 is 10.9. The molecular formula is C15H18N2O2S. The molecule has 0 aliphatic rings. The molecule has 0 aliphatic heterocycles. The zero-order valence-electron chi connectivity index (χ0n) is 11.6. The maximum absolute atomic E-state index is 9.92. The van der Waals surface area contributed by atoms with Crippen molar-refractivity contribution in [2.24, 2.45) is 0 Å². The van der Waals surface area contributed by atoms with Crippen LogP contribution in [0.3, 0.4) is 0 Å². The standard InChI is InChI=1S/C15H18N2O2S/c1-4-15(2,3)16-8-11(18)10-19-13-6-5-7-14-12(13)9-17-20-14/h1,5-7,9,11,16,18H,8,10H2,2-3H3. The maximum Gasteiger partial charge on any atom is 0.129 e. The Labute approximate surface area is 122 Å². The number of aromatic nitrogens is 1. The van der Waals surface area contributed by atoms with Crippen molar-refractivity contribution in [1.29, 1.82) is 0 Å². The van der Waals surface area contributed by atoms with E-state index in [1.165, 1.54) is 11.5 Å². The molecule has 4 nitrogen and oxygen atoms in total. The number of fused-ring (bicyclic) bond motifs is 1. The summed E-state index contributed by atoms with van der Waals surface area (Å²) in [6.07, 6.45) is 6.54. The van der Waals surface area contributed by atoms with Crippen molar-refractivity contribution < 1.29 is 9.84 Å². The molecule has 0 spiro atoms. The summed E-state index contributed by atoms with van der Waals surface area (Å²) in [4.78, 5) is 0. The molecule has 2 aromatic rings. The number of aliphatic hydroxyl groups excluding tert-OH is 1. The minimum absolute atomic E-state index is 0.211. The van der Waals surface area contributed by atoms with E-state index in [-0.39, 0.29) is 6.61 Å². The molecule has 1 aromatic heterocycles. The van der Waals surface area contributed by atoms with Gasteiger partial charge in [-0.25, -0.2) is 0 Å². The summed E-state index contributed by atoms with van der Waals surface area (Å²) in [5.41, 5.74) is -0.432. The molecule has 0 fully saturated rings. The fourth-order valence-corrected chi connectivity index (χ4v) is 2.32. The molecule has 0 saturated heterocycles. The Balaban J connectivity index is 1.89. The summed E-state index contributed by atoms with van der Waals surface area (Å²) >= 11 is 1.43. The van der Waals surface area contributed by atoms with E-state index < -0.39 is 11.6 Å². The summed E-state index contributed by atoms with van der Waals surface area (Å²) in [7, 11) is 0. The number of terminal acetylenes is 1. The molecule has 5 heteroatoms. The highest BCUT2D eigenvalue weighted by Gasteiger charge is 2.15. The van der Waals surface area contributed by atoms with Crippen molar-refractivity contribution >= 4 is 21.6 Å². The van der Waals surface area contributed by atoms with Gasteiger partial charge in [-0.1, -0.05) is 12.0 Å². The van der Waals surface area contributed by atoms with Crippen LogP contribution in [0.15, 0.2) is 24.4 Å². The minimum Gasteiger partial charge on any atom is -0.490 e. The number of aliphatic hydroxyl groups is 1. The van der Waals surface area contributed by atoms with Crippen LogP contribution in [0, 0.1) is 12.3 Å². The summed E-state index contributed by atoms with van der Waals surface area (Å²) in [5.74, 6) is 3.36. The predicted octanol–water partition coefficient (Wildman–Crippen LogP) is 2.04. The largest absolute Gasteiger partial charge is 0.490 e.